The van der Waals surface area contributed by atoms with Gasteiger partial charge >= 0.3 is 0 Å². The first kappa shape index (κ1) is 23.9. The van der Waals surface area contributed by atoms with E-state index in [4.69, 9.17) is 0 Å². The van der Waals surface area contributed by atoms with Gasteiger partial charge in [0.05, 0.1) is 12.0 Å². The zero-order valence-corrected chi connectivity index (χ0v) is 20.8. The van der Waals surface area contributed by atoms with E-state index in [0.717, 1.165) is 27.0 Å². The van der Waals surface area contributed by atoms with E-state index in [0.29, 0.717) is 17.6 Å². The van der Waals surface area contributed by atoms with Crippen LogP contribution in [0.25, 0.3) is 11.4 Å². The molecule has 1 N–H and O–H groups in total. The Morgan fingerprint density at radius 3 is 2.50 bits per heavy atom. The molecule has 0 fully saturated rings. The molecule has 0 atom stereocenters. The van der Waals surface area contributed by atoms with Gasteiger partial charge < -0.3 is 0 Å². The van der Waals surface area contributed by atoms with E-state index in [1.807, 2.05) is 47.9 Å². The number of hydrogen-bond acceptors (Lipinski definition) is 5. The van der Waals surface area contributed by atoms with Crippen LogP contribution >= 0.6 is 27.7 Å². The number of halogens is 1. The van der Waals surface area contributed by atoms with Crippen LogP contribution in [0.3, 0.4) is 0 Å². The number of nitrogens with one attached hydrogen (secondary N) is 1. The predicted octanol–water partition coefficient (Wildman–Crippen LogP) is 5.65. The molecule has 0 unspecified atom stereocenters. The number of hydrazone groups is 1. The summed E-state index contributed by atoms with van der Waals surface area (Å²) in [6, 6.07) is 16.0. The summed E-state index contributed by atoms with van der Waals surface area (Å²) < 4.78 is 2.97. The fraction of sp³-hybridized carbons (Fsp3) is 0.250. The van der Waals surface area contributed by atoms with Crippen molar-refractivity contribution in [3.8, 4) is 11.4 Å². The SMILES string of the molecule is C=C(C)Cn1c(SCC(=O)N/N=C/c2ccc(C(C)C)cc2)nnc1-c1ccc(Br)cc1. The van der Waals surface area contributed by atoms with Crippen LogP contribution in [0.5, 0.6) is 0 Å². The number of nitrogens with zero attached hydrogens (tertiary/aromatic N) is 4. The number of aromatic nitrogens is 3. The van der Waals surface area contributed by atoms with Crippen molar-refractivity contribution in [2.45, 2.75) is 38.4 Å². The molecule has 8 heteroatoms. The van der Waals surface area contributed by atoms with E-state index in [1.54, 1.807) is 6.21 Å². The van der Waals surface area contributed by atoms with Gasteiger partial charge in [0.1, 0.15) is 0 Å². The first-order valence-corrected chi connectivity index (χ1v) is 12.0. The first-order valence-electron chi connectivity index (χ1n) is 10.2. The fourth-order valence-electron chi connectivity index (χ4n) is 2.93. The van der Waals surface area contributed by atoms with Crippen molar-refractivity contribution in [1.29, 1.82) is 0 Å². The first-order chi connectivity index (χ1) is 15.3. The molecule has 0 bridgehead atoms. The van der Waals surface area contributed by atoms with Gasteiger partial charge in [-0.1, -0.05) is 90.1 Å². The predicted molar refractivity (Wildman–Crippen MR) is 135 cm³/mol. The molecule has 0 radical (unpaired) electrons. The van der Waals surface area contributed by atoms with E-state index in [1.165, 1.54) is 17.3 Å². The Morgan fingerprint density at radius 1 is 1.19 bits per heavy atom. The molecule has 0 aliphatic heterocycles. The normalized spacial score (nSPS) is 11.3. The summed E-state index contributed by atoms with van der Waals surface area (Å²) in [6.07, 6.45) is 1.64. The Kier molecular flexibility index (Phi) is 8.41. The Bertz CT molecular complexity index is 1100. The third kappa shape index (κ3) is 6.64. The highest BCUT2D eigenvalue weighted by atomic mass is 79.9. The van der Waals surface area contributed by atoms with Gasteiger partial charge in [0.25, 0.3) is 5.91 Å². The Hall–Kier alpha value is -2.71. The van der Waals surface area contributed by atoms with Crippen LogP contribution in [0.1, 0.15) is 37.8 Å². The van der Waals surface area contributed by atoms with Crippen LogP contribution < -0.4 is 5.43 Å². The lowest BCUT2D eigenvalue weighted by atomic mass is 10.0. The molecule has 1 amide bonds. The molecule has 32 heavy (non-hydrogen) atoms. The topological polar surface area (TPSA) is 72.2 Å². The Morgan fingerprint density at radius 2 is 1.88 bits per heavy atom. The molecule has 3 aromatic rings. The van der Waals surface area contributed by atoms with Gasteiger partial charge in [-0.05, 0) is 36.1 Å². The smallest absolute Gasteiger partial charge is 0.250 e. The number of carbonyl (C=O) groups is 1. The minimum absolute atomic E-state index is 0.179. The van der Waals surface area contributed by atoms with E-state index in [-0.39, 0.29) is 11.7 Å². The maximum atomic E-state index is 12.3. The largest absolute Gasteiger partial charge is 0.298 e. The molecule has 1 aromatic heterocycles. The van der Waals surface area contributed by atoms with Crippen molar-refractivity contribution < 1.29 is 4.79 Å². The van der Waals surface area contributed by atoms with Crippen molar-refractivity contribution in [2.75, 3.05) is 5.75 Å². The highest BCUT2D eigenvalue weighted by molar-refractivity contribution is 9.10. The highest BCUT2D eigenvalue weighted by Gasteiger charge is 2.15. The Labute approximate surface area is 201 Å². The van der Waals surface area contributed by atoms with Gasteiger partial charge in [-0.2, -0.15) is 5.10 Å². The van der Waals surface area contributed by atoms with Crippen LogP contribution in [0.2, 0.25) is 0 Å². The molecule has 6 nitrogen and oxygen atoms in total. The lowest BCUT2D eigenvalue weighted by Gasteiger charge is -2.10. The molecule has 166 valence electrons. The number of benzene rings is 2. The quantitative estimate of drug-likeness (QED) is 0.174. The molecular weight excluding hydrogens is 486 g/mol. The third-order valence-electron chi connectivity index (χ3n) is 4.59. The van der Waals surface area contributed by atoms with E-state index >= 15 is 0 Å². The monoisotopic (exact) mass is 511 g/mol. The van der Waals surface area contributed by atoms with Crippen LogP contribution in [0.4, 0.5) is 0 Å². The van der Waals surface area contributed by atoms with E-state index in [2.05, 4.69) is 69.2 Å². The van der Waals surface area contributed by atoms with Crippen molar-refractivity contribution >= 4 is 39.8 Å². The molecule has 0 saturated carbocycles. The minimum atomic E-state index is -0.208. The fourth-order valence-corrected chi connectivity index (χ4v) is 3.92. The maximum absolute atomic E-state index is 12.3. The second kappa shape index (κ2) is 11.2. The zero-order valence-electron chi connectivity index (χ0n) is 18.4. The van der Waals surface area contributed by atoms with Gasteiger partial charge in [0.2, 0.25) is 0 Å². The molecule has 1 heterocycles. The number of rotatable bonds is 9. The van der Waals surface area contributed by atoms with Crippen molar-refractivity contribution in [3.63, 3.8) is 0 Å². The summed E-state index contributed by atoms with van der Waals surface area (Å²) in [5.74, 6) is 1.19. The number of allylic oxidation sites excluding steroid dienone is 1. The summed E-state index contributed by atoms with van der Waals surface area (Å²) in [7, 11) is 0. The average Bonchev–Trinajstić information content (AvgIpc) is 3.15. The van der Waals surface area contributed by atoms with Gasteiger partial charge in [0, 0.05) is 16.6 Å². The highest BCUT2D eigenvalue weighted by Crippen LogP contribution is 2.26. The molecule has 0 saturated heterocycles. The second-order valence-electron chi connectivity index (χ2n) is 7.76. The van der Waals surface area contributed by atoms with Gasteiger partial charge in [-0.3, -0.25) is 9.36 Å². The van der Waals surface area contributed by atoms with Crippen LogP contribution in [0.15, 0.2) is 75.4 Å². The zero-order chi connectivity index (χ0) is 23.1. The minimum Gasteiger partial charge on any atom is -0.298 e. The summed E-state index contributed by atoms with van der Waals surface area (Å²) in [5, 5.41) is 13.4. The summed E-state index contributed by atoms with van der Waals surface area (Å²) in [5.41, 5.74) is 6.70. The lowest BCUT2D eigenvalue weighted by molar-refractivity contribution is -0.118. The van der Waals surface area contributed by atoms with Gasteiger partial charge in [-0.15, -0.1) is 10.2 Å². The van der Waals surface area contributed by atoms with Crippen LogP contribution in [-0.2, 0) is 11.3 Å². The van der Waals surface area contributed by atoms with E-state index < -0.39 is 0 Å². The lowest BCUT2D eigenvalue weighted by Crippen LogP contribution is -2.20. The van der Waals surface area contributed by atoms with Crippen LogP contribution in [0, 0.1) is 0 Å². The summed E-state index contributed by atoms with van der Waals surface area (Å²) in [6.45, 7) is 10.8. The average molecular weight is 512 g/mol. The van der Waals surface area contributed by atoms with E-state index in [9.17, 15) is 4.79 Å². The molecule has 0 aliphatic carbocycles. The molecular formula is C24H26BrN5OS. The van der Waals surface area contributed by atoms with Crippen molar-refractivity contribution in [3.05, 3.63) is 76.3 Å². The number of hydrogen-bond donors (Lipinski definition) is 1. The van der Waals surface area contributed by atoms with Gasteiger partial charge in [-0.25, -0.2) is 5.43 Å². The van der Waals surface area contributed by atoms with Crippen molar-refractivity contribution in [2.24, 2.45) is 5.10 Å². The molecule has 3 rings (SSSR count). The van der Waals surface area contributed by atoms with Crippen molar-refractivity contribution in [1.82, 2.24) is 20.2 Å². The standard InChI is InChI=1S/C24H26BrN5OS/c1-16(2)14-30-23(20-9-11-21(25)12-10-20)28-29-24(30)32-15-22(31)27-26-13-18-5-7-19(8-6-18)17(3)4/h5-13,17H,1,14-15H2,2-4H3,(H,27,31)/b26-13+. The molecule has 0 spiro atoms. The maximum Gasteiger partial charge on any atom is 0.250 e. The van der Waals surface area contributed by atoms with Gasteiger partial charge in [0.15, 0.2) is 11.0 Å². The number of amides is 1. The number of thioether (sulfide) groups is 1. The molecule has 0 aliphatic rings. The number of carbonyl (C=O) groups excluding carboxylic acids is 1. The Balaban J connectivity index is 1.62. The summed E-state index contributed by atoms with van der Waals surface area (Å²) in [4.78, 5) is 12.3. The van der Waals surface area contributed by atoms with Crippen LogP contribution in [-0.4, -0.2) is 32.6 Å². The second-order valence-corrected chi connectivity index (χ2v) is 9.62. The summed E-state index contributed by atoms with van der Waals surface area (Å²) >= 11 is 4.77. The third-order valence-corrected chi connectivity index (χ3v) is 6.08. The molecule has 2 aromatic carbocycles.